The van der Waals surface area contributed by atoms with Crippen LogP contribution in [0.4, 0.5) is 0 Å². The molecule has 4 bridgehead atoms. The zero-order valence-corrected chi connectivity index (χ0v) is 18.3. The second-order valence-electron chi connectivity index (χ2n) is 10.2. The summed E-state index contributed by atoms with van der Waals surface area (Å²) in [4.78, 5) is 25.2. The molecule has 2 N–H and O–H groups in total. The number of ether oxygens (including phenoxy) is 1. The number of rotatable bonds is 8. The van der Waals surface area contributed by atoms with Crippen LogP contribution in [0.3, 0.4) is 0 Å². The molecule has 0 aromatic heterocycles. The van der Waals surface area contributed by atoms with Crippen LogP contribution in [-0.4, -0.2) is 23.0 Å². The Hall–Kier alpha value is -2.82. The second-order valence-corrected chi connectivity index (χ2v) is 10.2. The van der Waals surface area contributed by atoms with Crippen molar-refractivity contribution in [2.45, 2.75) is 57.6 Å². The van der Waals surface area contributed by atoms with E-state index < -0.39 is 12.0 Å². The molecule has 1 atom stereocenters. The molecule has 4 fully saturated rings. The normalized spacial score (nSPS) is 28.8. The average molecular weight is 434 g/mol. The van der Waals surface area contributed by atoms with Gasteiger partial charge in [0.1, 0.15) is 18.4 Å². The lowest BCUT2D eigenvalue weighted by atomic mass is 9.49. The summed E-state index contributed by atoms with van der Waals surface area (Å²) in [6.07, 6.45) is 6.85. The zero-order chi connectivity index (χ0) is 22.1. The first-order chi connectivity index (χ1) is 15.5. The lowest BCUT2D eigenvalue weighted by molar-refractivity contribution is -0.151. The van der Waals surface area contributed by atoms with Crippen LogP contribution >= 0.6 is 0 Å². The lowest BCUT2D eigenvalue weighted by Crippen LogP contribution is -2.56. The molecule has 4 saturated carbocycles. The van der Waals surface area contributed by atoms with Gasteiger partial charge in [-0.25, -0.2) is 4.79 Å². The molecule has 0 unspecified atom stereocenters. The maximum atomic E-state index is 13.3. The van der Waals surface area contributed by atoms with E-state index in [0.717, 1.165) is 36.1 Å². The summed E-state index contributed by atoms with van der Waals surface area (Å²) in [6.45, 7) is 0.485. The van der Waals surface area contributed by atoms with Crippen molar-refractivity contribution in [3.63, 3.8) is 0 Å². The summed E-state index contributed by atoms with van der Waals surface area (Å²) in [7, 11) is 0. The summed E-state index contributed by atoms with van der Waals surface area (Å²) in [5.74, 6) is 1.68. The Morgan fingerprint density at radius 2 is 1.50 bits per heavy atom. The first-order valence-corrected chi connectivity index (χ1v) is 11.8. The maximum absolute atomic E-state index is 13.3. The molecule has 2 aromatic carbocycles. The Morgan fingerprint density at radius 1 is 0.906 bits per heavy atom. The molecule has 4 aliphatic carbocycles. The van der Waals surface area contributed by atoms with Crippen molar-refractivity contribution < 1.29 is 19.4 Å². The Labute approximate surface area is 189 Å². The molecule has 0 saturated heterocycles. The molecule has 4 aliphatic rings. The van der Waals surface area contributed by atoms with E-state index in [9.17, 15) is 14.7 Å². The van der Waals surface area contributed by atoms with E-state index in [1.165, 1.54) is 19.3 Å². The highest BCUT2D eigenvalue weighted by Crippen LogP contribution is 2.60. The Bertz CT molecular complexity index is 934. The summed E-state index contributed by atoms with van der Waals surface area (Å²) in [5, 5.41) is 12.7. The molecular formula is C27H31NO4. The van der Waals surface area contributed by atoms with Gasteiger partial charge >= 0.3 is 5.97 Å². The predicted octanol–water partition coefficient (Wildman–Crippen LogP) is 4.59. The van der Waals surface area contributed by atoms with Crippen molar-refractivity contribution in [2.75, 3.05) is 0 Å². The number of carboxylic acids is 1. The Morgan fingerprint density at radius 3 is 2.06 bits per heavy atom. The number of nitrogens with one attached hydrogen (secondary N) is 1. The highest BCUT2D eigenvalue weighted by molar-refractivity contribution is 5.88. The molecule has 0 aliphatic heterocycles. The van der Waals surface area contributed by atoms with E-state index in [4.69, 9.17) is 4.74 Å². The number of hydrogen-bond donors (Lipinski definition) is 2. The molecule has 0 heterocycles. The van der Waals surface area contributed by atoms with Gasteiger partial charge in [-0.3, -0.25) is 4.79 Å². The van der Waals surface area contributed by atoms with E-state index in [0.29, 0.717) is 24.4 Å². The van der Waals surface area contributed by atoms with Crippen molar-refractivity contribution in [3.05, 3.63) is 65.7 Å². The van der Waals surface area contributed by atoms with E-state index in [-0.39, 0.29) is 17.7 Å². The number of hydrogen-bond acceptors (Lipinski definition) is 3. The van der Waals surface area contributed by atoms with Gasteiger partial charge < -0.3 is 15.2 Å². The molecule has 32 heavy (non-hydrogen) atoms. The number of carboxylic acid groups (broad SMARTS) is 1. The van der Waals surface area contributed by atoms with Gasteiger partial charge in [-0.05, 0) is 79.5 Å². The fourth-order valence-electron chi connectivity index (χ4n) is 6.60. The molecule has 168 valence electrons. The summed E-state index contributed by atoms with van der Waals surface area (Å²) >= 11 is 0. The van der Waals surface area contributed by atoms with E-state index >= 15 is 0 Å². The van der Waals surface area contributed by atoms with Gasteiger partial charge in [0.2, 0.25) is 5.91 Å². The van der Waals surface area contributed by atoms with Gasteiger partial charge in [-0.1, -0.05) is 42.5 Å². The minimum Gasteiger partial charge on any atom is -0.489 e. The fourth-order valence-corrected chi connectivity index (χ4v) is 6.60. The highest BCUT2D eigenvalue weighted by atomic mass is 16.5. The molecule has 1 amide bonds. The number of benzene rings is 2. The highest BCUT2D eigenvalue weighted by Gasteiger charge is 2.54. The first-order valence-electron chi connectivity index (χ1n) is 11.8. The van der Waals surface area contributed by atoms with Gasteiger partial charge in [0.15, 0.2) is 0 Å². The third-order valence-corrected chi connectivity index (χ3v) is 7.73. The van der Waals surface area contributed by atoms with Crippen LogP contribution in [0.2, 0.25) is 0 Å². The van der Waals surface area contributed by atoms with Gasteiger partial charge in [0.25, 0.3) is 0 Å². The van der Waals surface area contributed by atoms with Gasteiger partial charge in [-0.2, -0.15) is 0 Å². The number of amides is 1. The zero-order valence-electron chi connectivity index (χ0n) is 18.3. The van der Waals surface area contributed by atoms with E-state index in [1.54, 1.807) is 0 Å². The molecule has 2 aromatic rings. The van der Waals surface area contributed by atoms with Gasteiger partial charge in [0.05, 0.1) is 0 Å². The van der Waals surface area contributed by atoms with Crippen LogP contribution in [0.1, 0.15) is 49.7 Å². The van der Waals surface area contributed by atoms with Crippen molar-refractivity contribution >= 4 is 11.9 Å². The Kier molecular flexibility index (Phi) is 5.66. The lowest BCUT2D eigenvalue weighted by Gasteiger charge is -2.55. The quantitative estimate of drug-likeness (QED) is 0.638. The van der Waals surface area contributed by atoms with Crippen molar-refractivity contribution in [2.24, 2.45) is 23.2 Å². The third-order valence-electron chi connectivity index (χ3n) is 7.73. The summed E-state index contributed by atoms with van der Waals surface area (Å²) < 4.78 is 5.82. The summed E-state index contributed by atoms with van der Waals surface area (Å²) in [6, 6.07) is 16.5. The molecule has 0 radical (unpaired) electrons. The molecule has 6 rings (SSSR count). The Balaban J connectivity index is 1.20. The fraction of sp³-hybridized carbons (Fsp3) is 0.481. The maximum Gasteiger partial charge on any atom is 0.326 e. The minimum atomic E-state index is -0.979. The smallest absolute Gasteiger partial charge is 0.326 e. The van der Waals surface area contributed by atoms with Gasteiger partial charge in [0, 0.05) is 11.8 Å². The summed E-state index contributed by atoms with van der Waals surface area (Å²) in [5.41, 5.74) is 1.63. The monoisotopic (exact) mass is 433 g/mol. The van der Waals surface area contributed by atoms with Crippen LogP contribution in [-0.2, 0) is 22.6 Å². The van der Waals surface area contributed by atoms with Crippen LogP contribution in [0.25, 0.3) is 0 Å². The first kappa shape index (κ1) is 21.0. The van der Waals surface area contributed by atoms with E-state index in [2.05, 4.69) is 5.32 Å². The number of carbonyl (C=O) groups is 2. The van der Waals surface area contributed by atoms with Gasteiger partial charge in [-0.15, -0.1) is 0 Å². The van der Waals surface area contributed by atoms with Crippen molar-refractivity contribution in [1.29, 1.82) is 0 Å². The van der Waals surface area contributed by atoms with Crippen molar-refractivity contribution in [3.8, 4) is 5.75 Å². The van der Waals surface area contributed by atoms with Crippen LogP contribution < -0.4 is 10.1 Å². The second kappa shape index (κ2) is 8.61. The average Bonchev–Trinajstić information content (AvgIpc) is 2.78. The standard InChI is InChI=1S/C27H31NO4/c29-25(30)24(28-26(31)27-14-20-10-21(15-27)12-22(11-20)16-27)13-18-6-8-23(9-7-18)32-17-19-4-2-1-3-5-19/h1-9,20-22,24H,10-17H2,(H,28,31)(H,29,30)/t20?,21?,22?,24-,27?/m0/s1. The minimum absolute atomic E-state index is 0.0354. The molecule has 5 heteroatoms. The number of carbonyl (C=O) groups excluding carboxylic acids is 1. The van der Waals surface area contributed by atoms with Crippen LogP contribution in [0.15, 0.2) is 54.6 Å². The van der Waals surface area contributed by atoms with Crippen LogP contribution in [0, 0.1) is 23.2 Å². The predicted molar refractivity (Wildman–Crippen MR) is 121 cm³/mol. The molecule has 0 spiro atoms. The topological polar surface area (TPSA) is 75.6 Å². The molecular weight excluding hydrogens is 402 g/mol. The van der Waals surface area contributed by atoms with Crippen LogP contribution in [0.5, 0.6) is 5.75 Å². The van der Waals surface area contributed by atoms with Crippen molar-refractivity contribution in [1.82, 2.24) is 5.32 Å². The van der Waals surface area contributed by atoms with E-state index in [1.807, 2.05) is 54.6 Å². The largest absolute Gasteiger partial charge is 0.489 e. The number of aliphatic carboxylic acids is 1. The molecule has 5 nitrogen and oxygen atoms in total. The third kappa shape index (κ3) is 4.38. The SMILES string of the molecule is O=C(O)[C@H](Cc1ccc(OCc2ccccc2)cc1)NC(=O)C12CC3CC(CC(C3)C1)C2.